The highest BCUT2D eigenvalue weighted by atomic mass is 32.2. The van der Waals surface area contributed by atoms with Crippen molar-refractivity contribution in [3.05, 3.63) is 0 Å². The van der Waals surface area contributed by atoms with Gasteiger partial charge in [-0.05, 0) is 14.0 Å². The number of Topliss-reactive ketones (excluding diaryl/α,β-unsaturated/α-hetero) is 1. The van der Waals surface area contributed by atoms with Crippen molar-refractivity contribution in [3.8, 4) is 0 Å². The summed E-state index contributed by atoms with van der Waals surface area (Å²) in [6.45, 7) is 2.38. The summed E-state index contributed by atoms with van der Waals surface area (Å²) in [6, 6.07) is 0. The SMILES string of the molecule is CNCCSC(C=O)CC(C)=O. The molecule has 0 saturated heterocycles. The summed E-state index contributed by atoms with van der Waals surface area (Å²) in [5.41, 5.74) is 0. The fourth-order valence-electron chi connectivity index (χ4n) is 0.742. The normalized spacial score (nSPS) is 12.5. The molecule has 3 nitrogen and oxygen atoms in total. The third-order valence-corrected chi connectivity index (χ3v) is 2.47. The van der Waals surface area contributed by atoms with E-state index in [0.29, 0.717) is 6.42 Å². The molecule has 0 fully saturated rings. The van der Waals surface area contributed by atoms with E-state index < -0.39 is 0 Å². The average Bonchev–Trinajstić information content (AvgIpc) is 2.02. The summed E-state index contributed by atoms with van der Waals surface area (Å²) < 4.78 is 0. The summed E-state index contributed by atoms with van der Waals surface area (Å²) in [4.78, 5) is 21.1. The number of nitrogens with one attached hydrogen (secondary N) is 1. The summed E-state index contributed by atoms with van der Waals surface area (Å²) in [7, 11) is 1.86. The van der Waals surface area contributed by atoms with E-state index >= 15 is 0 Å². The van der Waals surface area contributed by atoms with Crippen LogP contribution in [0, 0.1) is 0 Å². The molecule has 0 amide bonds. The van der Waals surface area contributed by atoms with Crippen LogP contribution in [-0.2, 0) is 9.59 Å². The fourth-order valence-corrected chi connectivity index (χ4v) is 1.80. The quantitative estimate of drug-likeness (QED) is 0.467. The zero-order chi connectivity index (χ0) is 9.40. The second-order valence-electron chi connectivity index (χ2n) is 2.56. The Labute approximate surface area is 77.3 Å². The molecule has 0 saturated carbocycles. The van der Waals surface area contributed by atoms with E-state index in [9.17, 15) is 9.59 Å². The smallest absolute Gasteiger partial charge is 0.133 e. The number of rotatable bonds is 7. The number of hydrogen-bond acceptors (Lipinski definition) is 4. The molecule has 0 bridgehead atoms. The van der Waals surface area contributed by atoms with Gasteiger partial charge in [0.1, 0.15) is 12.1 Å². The van der Waals surface area contributed by atoms with Gasteiger partial charge < -0.3 is 10.1 Å². The van der Waals surface area contributed by atoms with Crippen molar-refractivity contribution >= 4 is 23.8 Å². The molecular formula is C8H15NO2S. The maximum absolute atomic E-state index is 10.7. The lowest BCUT2D eigenvalue weighted by molar-refractivity contribution is -0.118. The van der Waals surface area contributed by atoms with Crippen LogP contribution >= 0.6 is 11.8 Å². The first-order valence-electron chi connectivity index (χ1n) is 3.91. The van der Waals surface area contributed by atoms with Crippen molar-refractivity contribution in [2.45, 2.75) is 18.6 Å². The Balaban J connectivity index is 3.53. The van der Waals surface area contributed by atoms with Crippen molar-refractivity contribution in [2.75, 3.05) is 19.3 Å². The van der Waals surface area contributed by atoms with E-state index in [2.05, 4.69) is 5.32 Å². The molecule has 70 valence electrons. The van der Waals surface area contributed by atoms with Gasteiger partial charge in [0, 0.05) is 18.7 Å². The number of carbonyl (C=O) groups is 2. The third-order valence-electron chi connectivity index (χ3n) is 1.32. The summed E-state index contributed by atoms with van der Waals surface area (Å²) in [6.07, 6.45) is 1.21. The molecule has 1 atom stereocenters. The Hall–Kier alpha value is -0.350. The lowest BCUT2D eigenvalue weighted by atomic mass is 10.2. The molecule has 0 aliphatic heterocycles. The highest BCUT2D eigenvalue weighted by Gasteiger charge is 2.09. The molecule has 0 aromatic carbocycles. The van der Waals surface area contributed by atoms with E-state index in [1.54, 1.807) is 0 Å². The van der Waals surface area contributed by atoms with Gasteiger partial charge in [-0.1, -0.05) is 0 Å². The molecule has 4 heteroatoms. The maximum atomic E-state index is 10.7. The third kappa shape index (κ3) is 6.37. The molecule has 1 unspecified atom stereocenters. The van der Waals surface area contributed by atoms with Crippen LogP contribution in [0.1, 0.15) is 13.3 Å². The van der Waals surface area contributed by atoms with Crippen LogP contribution in [0.15, 0.2) is 0 Å². The highest BCUT2D eigenvalue weighted by molar-refractivity contribution is 8.00. The van der Waals surface area contributed by atoms with Gasteiger partial charge in [-0.2, -0.15) is 0 Å². The Morgan fingerprint density at radius 3 is 2.75 bits per heavy atom. The first-order valence-corrected chi connectivity index (χ1v) is 4.96. The first kappa shape index (κ1) is 11.6. The predicted molar refractivity (Wildman–Crippen MR) is 51.5 cm³/mol. The van der Waals surface area contributed by atoms with Crippen LogP contribution in [0.25, 0.3) is 0 Å². The Morgan fingerprint density at radius 2 is 2.33 bits per heavy atom. The molecule has 0 aliphatic rings. The average molecular weight is 189 g/mol. The number of ketones is 1. The molecule has 0 heterocycles. The van der Waals surface area contributed by atoms with Gasteiger partial charge in [-0.15, -0.1) is 11.8 Å². The second kappa shape index (κ2) is 7.31. The number of aldehydes is 1. The first-order chi connectivity index (χ1) is 5.70. The summed E-state index contributed by atoms with van der Waals surface area (Å²) in [5, 5.41) is 2.82. The molecule has 1 N–H and O–H groups in total. The zero-order valence-electron chi connectivity index (χ0n) is 7.50. The van der Waals surface area contributed by atoms with Crippen molar-refractivity contribution in [3.63, 3.8) is 0 Å². The monoisotopic (exact) mass is 189 g/mol. The Kier molecular flexibility index (Phi) is 7.09. The van der Waals surface area contributed by atoms with E-state index in [1.165, 1.54) is 18.7 Å². The lowest BCUT2D eigenvalue weighted by Crippen LogP contribution is -2.15. The molecule has 0 radical (unpaired) electrons. The van der Waals surface area contributed by atoms with Crippen LogP contribution in [0.2, 0.25) is 0 Å². The van der Waals surface area contributed by atoms with Gasteiger partial charge in [0.15, 0.2) is 0 Å². The van der Waals surface area contributed by atoms with E-state index in [-0.39, 0.29) is 11.0 Å². The molecule has 0 spiro atoms. The van der Waals surface area contributed by atoms with Crippen LogP contribution in [-0.4, -0.2) is 36.7 Å². The minimum Gasteiger partial charge on any atom is -0.319 e. The zero-order valence-corrected chi connectivity index (χ0v) is 8.32. The van der Waals surface area contributed by atoms with E-state index in [0.717, 1.165) is 18.6 Å². The summed E-state index contributed by atoms with van der Waals surface area (Å²) in [5.74, 6) is 0.941. The molecular weight excluding hydrogens is 174 g/mol. The van der Waals surface area contributed by atoms with Gasteiger partial charge in [0.2, 0.25) is 0 Å². The number of carbonyl (C=O) groups excluding carboxylic acids is 2. The van der Waals surface area contributed by atoms with Gasteiger partial charge in [-0.3, -0.25) is 4.79 Å². The van der Waals surface area contributed by atoms with Crippen LogP contribution in [0.3, 0.4) is 0 Å². The molecule has 0 aliphatic carbocycles. The van der Waals surface area contributed by atoms with Crippen LogP contribution < -0.4 is 5.32 Å². The van der Waals surface area contributed by atoms with Gasteiger partial charge in [-0.25, -0.2) is 0 Å². The maximum Gasteiger partial charge on any atom is 0.133 e. The topological polar surface area (TPSA) is 46.2 Å². The molecule has 0 rings (SSSR count). The number of hydrogen-bond donors (Lipinski definition) is 1. The standard InChI is InChI=1S/C8H15NO2S/c1-7(11)5-8(6-10)12-4-3-9-2/h6,8-9H,3-5H2,1-2H3. The highest BCUT2D eigenvalue weighted by Crippen LogP contribution is 2.11. The van der Waals surface area contributed by atoms with Crippen molar-refractivity contribution in [1.29, 1.82) is 0 Å². The van der Waals surface area contributed by atoms with E-state index in [1.807, 2.05) is 7.05 Å². The Bertz CT molecular complexity index is 150. The number of thioether (sulfide) groups is 1. The largest absolute Gasteiger partial charge is 0.319 e. The van der Waals surface area contributed by atoms with Crippen LogP contribution in [0.5, 0.6) is 0 Å². The minimum absolute atomic E-state index is 0.0732. The second-order valence-corrected chi connectivity index (χ2v) is 3.90. The van der Waals surface area contributed by atoms with Gasteiger partial charge in [0.25, 0.3) is 0 Å². The molecule has 0 aromatic rings. The Morgan fingerprint density at radius 1 is 1.67 bits per heavy atom. The van der Waals surface area contributed by atoms with Crippen molar-refractivity contribution < 1.29 is 9.59 Å². The van der Waals surface area contributed by atoms with E-state index in [4.69, 9.17) is 0 Å². The van der Waals surface area contributed by atoms with Crippen molar-refractivity contribution in [2.24, 2.45) is 0 Å². The van der Waals surface area contributed by atoms with Crippen LogP contribution in [0.4, 0.5) is 0 Å². The lowest BCUT2D eigenvalue weighted by Gasteiger charge is -2.06. The summed E-state index contributed by atoms with van der Waals surface area (Å²) >= 11 is 1.52. The fraction of sp³-hybridized carbons (Fsp3) is 0.750. The predicted octanol–water partition coefficient (Wildman–Crippen LogP) is 0.486. The van der Waals surface area contributed by atoms with Gasteiger partial charge >= 0.3 is 0 Å². The molecule has 12 heavy (non-hydrogen) atoms. The molecule has 0 aromatic heterocycles. The van der Waals surface area contributed by atoms with Gasteiger partial charge in [0.05, 0.1) is 5.25 Å². The van der Waals surface area contributed by atoms with Crippen molar-refractivity contribution in [1.82, 2.24) is 5.32 Å². The minimum atomic E-state index is -0.157.